The van der Waals surface area contributed by atoms with Gasteiger partial charge in [0.25, 0.3) is 0 Å². The Balaban J connectivity index is 2.29. The lowest BCUT2D eigenvalue weighted by Gasteiger charge is -2.17. The van der Waals surface area contributed by atoms with Gasteiger partial charge in [0.05, 0.1) is 13.2 Å². The van der Waals surface area contributed by atoms with Gasteiger partial charge in [0.2, 0.25) is 0 Å². The second kappa shape index (κ2) is 4.20. The van der Waals surface area contributed by atoms with Gasteiger partial charge < -0.3 is 20.7 Å². The molecule has 16 heavy (non-hydrogen) atoms. The molecule has 7 heteroatoms. The van der Waals surface area contributed by atoms with Crippen molar-refractivity contribution in [3.8, 4) is 0 Å². The number of aliphatic hydroxyl groups is 2. The molecule has 0 bridgehead atoms. The number of aromatic nitrogens is 2. The van der Waals surface area contributed by atoms with Crippen LogP contribution in [0.5, 0.6) is 0 Å². The van der Waals surface area contributed by atoms with Gasteiger partial charge in [0.1, 0.15) is 11.9 Å². The Bertz CT molecular complexity index is 433. The smallest absolute Gasteiger partial charge is 0.351 e. The lowest BCUT2D eigenvalue weighted by atomic mass is 10.1. The van der Waals surface area contributed by atoms with Gasteiger partial charge in [-0.2, -0.15) is 4.98 Å². The highest BCUT2D eigenvalue weighted by molar-refractivity contribution is 5.23. The molecule has 0 amide bonds. The third kappa shape index (κ3) is 1.80. The van der Waals surface area contributed by atoms with Crippen LogP contribution >= 0.6 is 0 Å². The summed E-state index contributed by atoms with van der Waals surface area (Å²) in [6.45, 7) is 0.0218. The van der Waals surface area contributed by atoms with Gasteiger partial charge in [-0.1, -0.05) is 0 Å². The van der Waals surface area contributed by atoms with E-state index in [4.69, 9.17) is 15.6 Å². The second-order valence-corrected chi connectivity index (χ2v) is 3.70. The molecule has 0 saturated carbocycles. The highest BCUT2D eigenvalue weighted by Crippen LogP contribution is 2.26. The van der Waals surface area contributed by atoms with Crippen molar-refractivity contribution in [2.45, 2.75) is 12.3 Å². The molecule has 0 unspecified atom stereocenters. The molecule has 1 fully saturated rings. The maximum Gasteiger partial charge on any atom is 0.351 e. The fourth-order valence-electron chi connectivity index (χ4n) is 1.68. The quantitative estimate of drug-likeness (QED) is 0.556. The molecule has 2 heterocycles. The van der Waals surface area contributed by atoms with E-state index in [9.17, 15) is 9.90 Å². The van der Waals surface area contributed by atoms with Crippen LogP contribution in [0, 0.1) is 5.92 Å². The van der Waals surface area contributed by atoms with Crippen LogP contribution in [0.4, 0.5) is 5.82 Å². The predicted octanol–water partition coefficient (Wildman–Crippen LogP) is -1.68. The monoisotopic (exact) mass is 227 g/mol. The molecule has 0 aromatic carbocycles. The van der Waals surface area contributed by atoms with E-state index in [1.165, 1.54) is 12.3 Å². The highest BCUT2D eigenvalue weighted by atomic mass is 16.5. The Morgan fingerprint density at radius 2 is 2.44 bits per heavy atom. The summed E-state index contributed by atoms with van der Waals surface area (Å²) in [5, 5.41) is 18.7. The highest BCUT2D eigenvalue weighted by Gasteiger charge is 2.37. The third-order valence-corrected chi connectivity index (χ3v) is 2.62. The van der Waals surface area contributed by atoms with E-state index in [2.05, 4.69) is 4.98 Å². The summed E-state index contributed by atoms with van der Waals surface area (Å²) in [4.78, 5) is 15.0. The largest absolute Gasteiger partial charge is 0.396 e. The summed E-state index contributed by atoms with van der Waals surface area (Å²) in [7, 11) is 0. The molecule has 0 spiro atoms. The van der Waals surface area contributed by atoms with Gasteiger partial charge in [-0.25, -0.2) is 4.79 Å². The second-order valence-electron chi connectivity index (χ2n) is 3.70. The lowest BCUT2D eigenvalue weighted by molar-refractivity contribution is -0.0161. The van der Waals surface area contributed by atoms with Crippen molar-refractivity contribution < 1.29 is 14.9 Å². The average Bonchev–Trinajstić information content (AvgIpc) is 2.60. The maximum absolute atomic E-state index is 11.5. The number of nitrogen functional groups attached to an aromatic ring is 1. The number of hydrogen-bond acceptors (Lipinski definition) is 6. The van der Waals surface area contributed by atoms with Crippen molar-refractivity contribution in [2.24, 2.45) is 5.92 Å². The van der Waals surface area contributed by atoms with E-state index in [-0.39, 0.29) is 24.9 Å². The zero-order valence-electron chi connectivity index (χ0n) is 8.48. The van der Waals surface area contributed by atoms with Crippen LogP contribution in [-0.4, -0.2) is 39.1 Å². The summed E-state index contributed by atoms with van der Waals surface area (Å²) in [6.07, 6.45) is -0.316. The zero-order valence-corrected chi connectivity index (χ0v) is 8.48. The number of hydrogen-bond donors (Lipinski definition) is 3. The van der Waals surface area contributed by atoms with Crippen molar-refractivity contribution in [2.75, 3.05) is 18.9 Å². The summed E-state index contributed by atoms with van der Waals surface area (Å²) < 4.78 is 6.41. The van der Waals surface area contributed by atoms with E-state index in [0.29, 0.717) is 0 Å². The van der Waals surface area contributed by atoms with Crippen LogP contribution in [0.3, 0.4) is 0 Å². The Morgan fingerprint density at radius 1 is 1.69 bits per heavy atom. The minimum atomic E-state index is -0.923. The topological polar surface area (TPSA) is 111 Å². The first-order valence-corrected chi connectivity index (χ1v) is 4.88. The van der Waals surface area contributed by atoms with Crippen molar-refractivity contribution in [3.63, 3.8) is 0 Å². The van der Waals surface area contributed by atoms with Gasteiger partial charge in [0.15, 0.2) is 6.23 Å². The number of rotatable bonds is 2. The van der Waals surface area contributed by atoms with Gasteiger partial charge >= 0.3 is 5.69 Å². The van der Waals surface area contributed by atoms with Crippen LogP contribution in [0.25, 0.3) is 0 Å². The standard InChI is InChI=1S/C9H13N3O4/c10-6-1-2-12(9(15)11-6)8-7(14)5(3-13)4-16-8/h1-2,5,7-8,13-14H,3-4H2,(H2,10,11,15)/t5-,7-,8+/m1/s1. The minimum Gasteiger partial charge on any atom is -0.396 e. The maximum atomic E-state index is 11.5. The average molecular weight is 227 g/mol. The van der Waals surface area contributed by atoms with E-state index >= 15 is 0 Å². The van der Waals surface area contributed by atoms with Crippen LogP contribution in [0.1, 0.15) is 6.23 Å². The van der Waals surface area contributed by atoms with E-state index in [1.54, 1.807) is 0 Å². The number of aliphatic hydroxyl groups excluding tert-OH is 2. The fourth-order valence-corrected chi connectivity index (χ4v) is 1.68. The number of ether oxygens (including phenoxy) is 1. The number of nitrogens with zero attached hydrogens (tertiary/aromatic N) is 2. The van der Waals surface area contributed by atoms with Crippen molar-refractivity contribution in [1.29, 1.82) is 0 Å². The van der Waals surface area contributed by atoms with E-state index in [1.807, 2.05) is 0 Å². The number of nitrogens with two attached hydrogens (primary N) is 1. The summed E-state index contributed by atoms with van der Waals surface area (Å²) in [5.74, 6) is -0.262. The van der Waals surface area contributed by atoms with Crippen LogP contribution in [-0.2, 0) is 4.74 Å². The van der Waals surface area contributed by atoms with Crippen LogP contribution < -0.4 is 11.4 Å². The Hall–Kier alpha value is -1.44. The summed E-state index contributed by atoms with van der Waals surface area (Å²) >= 11 is 0. The molecule has 3 atom stereocenters. The molecule has 1 aromatic heterocycles. The van der Waals surface area contributed by atoms with Crippen LogP contribution in [0.2, 0.25) is 0 Å². The normalized spacial score (nSPS) is 29.5. The first kappa shape index (κ1) is 11.1. The van der Waals surface area contributed by atoms with Crippen molar-refractivity contribution in [3.05, 3.63) is 22.7 Å². The first-order valence-electron chi connectivity index (χ1n) is 4.88. The van der Waals surface area contributed by atoms with E-state index in [0.717, 1.165) is 4.57 Å². The summed E-state index contributed by atoms with van der Waals surface area (Å²) in [5.41, 5.74) is 4.77. The molecule has 4 N–H and O–H groups in total. The lowest BCUT2D eigenvalue weighted by Crippen LogP contribution is -2.34. The molecular weight excluding hydrogens is 214 g/mol. The Labute approximate surface area is 91.1 Å². The molecule has 1 aliphatic heterocycles. The van der Waals surface area contributed by atoms with Crippen LogP contribution in [0.15, 0.2) is 17.1 Å². The van der Waals surface area contributed by atoms with E-state index < -0.39 is 18.0 Å². The molecule has 88 valence electrons. The zero-order chi connectivity index (χ0) is 11.7. The third-order valence-electron chi connectivity index (χ3n) is 2.62. The molecule has 1 saturated heterocycles. The molecule has 0 aliphatic carbocycles. The molecule has 0 radical (unpaired) electrons. The molecule has 7 nitrogen and oxygen atoms in total. The van der Waals surface area contributed by atoms with Gasteiger partial charge in [-0.05, 0) is 6.07 Å². The molecule has 1 aromatic rings. The minimum absolute atomic E-state index is 0.118. The fraction of sp³-hybridized carbons (Fsp3) is 0.556. The molecule has 1 aliphatic rings. The first-order chi connectivity index (χ1) is 7.63. The van der Waals surface area contributed by atoms with Crippen molar-refractivity contribution >= 4 is 5.82 Å². The van der Waals surface area contributed by atoms with Gasteiger partial charge in [-0.3, -0.25) is 4.57 Å². The van der Waals surface area contributed by atoms with Crippen molar-refractivity contribution in [1.82, 2.24) is 9.55 Å². The number of anilines is 1. The molecule has 2 rings (SSSR count). The summed E-state index contributed by atoms with van der Waals surface area (Å²) in [6, 6.07) is 1.45. The van der Waals surface area contributed by atoms with Gasteiger partial charge in [-0.15, -0.1) is 0 Å². The Kier molecular flexibility index (Phi) is 2.90. The Morgan fingerprint density at radius 3 is 3.00 bits per heavy atom. The molecular formula is C9H13N3O4. The van der Waals surface area contributed by atoms with Gasteiger partial charge in [0, 0.05) is 12.1 Å². The SMILES string of the molecule is Nc1ccn([C@H]2OC[C@@H](CO)[C@H]2O)c(=O)n1. The predicted molar refractivity (Wildman–Crippen MR) is 54.5 cm³/mol.